The van der Waals surface area contributed by atoms with E-state index in [0.717, 1.165) is 6.42 Å². The monoisotopic (exact) mass is 199 g/mol. The molecule has 78 valence electrons. The maximum absolute atomic E-state index is 3.18. The van der Waals surface area contributed by atoms with Gasteiger partial charge in [0.1, 0.15) is 0 Å². The molecule has 0 radical (unpaired) electrons. The molecule has 0 heterocycles. The number of benzene rings is 1. The van der Waals surface area contributed by atoms with Crippen molar-refractivity contribution in [3.05, 3.63) is 47.6 Å². The van der Waals surface area contributed by atoms with E-state index >= 15 is 0 Å². The van der Waals surface area contributed by atoms with Crippen LogP contribution in [0.1, 0.15) is 30.4 Å². The summed E-state index contributed by atoms with van der Waals surface area (Å²) >= 11 is 0. The van der Waals surface area contributed by atoms with E-state index in [1.54, 1.807) is 0 Å². The Kier molecular flexibility index (Phi) is 2.91. The molecule has 1 aliphatic carbocycles. The van der Waals surface area contributed by atoms with Crippen LogP contribution in [-0.2, 0) is 0 Å². The van der Waals surface area contributed by atoms with E-state index in [1.807, 2.05) is 7.05 Å². The highest BCUT2D eigenvalue weighted by molar-refractivity contribution is 5.63. The predicted octanol–water partition coefficient (Wildman–Crippen LogP) is 3.80. The number of anilines is 1. The minimum Gasteiger partial charge on any atom is -0.388 e. The SMILES string of the molecule is CNc1ccc2c(c1)/C=C\C=C\C[C@H]2C. The topological polar surface area (TPSA) is 12.0 Å². The Morgan fingerprint density at radius 1 is 1.27 bits per heavy atom. The van der Waals surface area contributed by atoms with Crippen molar-refractivity contribution in [1.82, 2.24) is 0 Å². The lowest BCUT2D eigenvalue weighted by atomic mass is 9.91. The lowest BCUT2D eigenvalue weighted by molar-refractivity contribution is 0.778. The molecule has 0 saturated heterocycles. The molecule has 0 aliphatic heterocycles. The van der Waals surface area contributed by atoms with E-state index in [2.05, 4.69) is 54.7 Å². The molecule has 1 heteroatoms. The maximum Gasteiger partial charge on any atom is 0.0343 e. The first-order chi connectivity index (χ1) is 7.31. The van der Waals surface area contributed by atoms with Crippen molar-refractivity contribution in [2.75, 3.05) is 12.4 Å². The zero-order chi connectivity index (χ0) is 10.7. The number of rotatable bonds is 1. The van der Waals surface area contributed by atoms with Crippen LogP contribution >= 0.6 is 0 Å². The number of hydrogen-bond acceptors (Lipinski definition) is 1. The smallest absolute Gasteiger partial charge is 0.0343 e. The first-order valence-corrected chi connectivity index (χ1v) is 5.46. The molecule has 0 unspecified atom stereocenters. The van der Waals surface area contributed by atoms with Gasteiger partial charge in [-0.05, 0) is 35.6 Å². The second-order valence-corrected chi connectivity index (χ2v) is 4.02. The molecule has 1 aromatic carbocycles. The maximum atomic E-state index is 3.18. The fourth-order valence-electron chi connectivity index (χ4n) is 1.97. The second-order valence-electron chi connectivity index (χ2n) is 4.02. The van der Waals surface area contributed by atoms with Gasteiger partial charge in [-0.1, -0.05) is 37.3 Å². The van der Waals surface area contributed by atoms with E-state index in [-0.39, 0.29) is 0 Å². The Bertz CT molecular complexity index is 402. The molecule has 0 bridgehead atoms. The lowest BCUT2D eigenvalue weighted by Crippen LogP contribution is -1.98. The molecule has 2 rings (SSSR count). The lowest BCUT2D eigenvalue weighted by Gasteiger charge is -2.15. The third-order valence-electron chi connectivity index (χ3n) is 2.92. The van der Waals surface area contributed by atoms with Crippen LogP contribution in [0.4, 0.5) is 5.69 Å². The minimum absolute atomic E-state index is 0.604. The zero-order valence-electron chi connectivity index (χ0n) is 9.33. The molecule has 15 heavy (non-hydrogen) atoms. The third kappa shape index (κ3) is 2.12. The van der Waals surface area contributed by atoms with Gasteiger partial charge in [-0.25, -0.2) is 0 Å². The zero-order valence-corrected chi connectivity index (χ0v) is 9.33. The van der Waals surface area contributed by atoms with Gasteiger partial charge in [0, 0.05) is 12.7 Å². The summed E-state index contributed by atoms with van der Waals surface area (Å²) in [5.74, 6) is 0.604. The van der Waals surface area contributed by atoms with Crippen LogP contribution in [0.25, 0.3) is 6.08 Å². The van der Waals surface area contributed by atoms with Gasteiger partial charge in [0.05, 0.1) is 0 Å². The molecule has 0 aromatic heterocycles. The van der Waals surface area contributed by atoms with Gasteiger partial charge in [-0.3, -0.25) is 0 Å². The average molecular weight is 199 g/mol. The van der Waals surface area contributed by atoms with Crippen LogP contribution in [0.3, 0.4) is 0 Å². The summed E-state index contributed by atoms with van der Waals surface area (Å²) in [6, 6.07) is 6.59. The van der Waals surface area contributed by atoms with Crippen LogP contribution < -0.4 is 5.32 Å². The van der Waals surface area contributed by atoms with Crippen molar-refractivity contribution in [3.8, 4) is 0 Å². The second kappa shape index (κ2) is 4.35. The summed E-state index contributed by atoms with van der Waals surface area (Å²) in [5, 5.41) is 3.18. The van der Waals surface area contributed by atoms with Crippen molar-refractivity contribution in [2.24, 2.45) is 0 Å². The number of hydrogen-bond donors (Lipinski definition) is 1. The molecule has 1 aliphatic rings. The normalized spacial score (nSPS) is 23.5. The number of allylic oxidation sites excluding steroid dienone is 3. The summed E-state index contributed by atoms with van der Waals surface area (Å²) in [7, 11) is 1.96. The average Bonchev–Trinajstić information content (AvgIpc) is 2.25. The summed E-state index contributed by atoms with van der Waals surface area (Å²) in [5.41, 5.74) is 3.95. The Morgan fingerprint density at radius 3 is 2.93 bits per heavy atom. The quantitative estimate of drug-likeness (QED) is 0.725. The summed E-state index contributed by atoms with van der Waals surface area (Å²) in [6.45, 7) is 2.28. The Balaban J connectivity index is 2.47. The Labute approximate surface area is 91.5 Å². The third-order valence-corrected chi connectivity index (χ3v) is 2.92. The van der Waals surface area contributed by atoms with E-state index < -0.39 is 0 Å². The van der Waals surface area contributed by atoms with E-state index in [4.69, 9.17) is 0 Å². The highest BCUT2D eigenvalue weighted by Gasteiger charge is 2.09. The van der Waals surface area contributed by atoms with E-state index in [9.17, 15) is 0 Å². The highest BCUT2D eigenvalue weighted by atomic mass is 14.8. The molecule has 1 aromatic rings. The van der Waals surface area contributed by atoms with Crippen molar-refractivity contribution in [2.45, 2.75) is 19.3 Å². The van der Waals surface area contributed by atoms with Gasteiger partial charge in [-0.15, -0.1) is 0 Å². The first-order valence-electron chi connectivity index (χ1n) is 5.46. The molecule has 0 spiro atoms. The molecular weight excluding hydrogens is 182 g/mol. The van der Waals surface area contributed by atoms with Gasteiger partial charge in [0.25, 0.3) is 0 Å². The van der Waals surface area contributed by atoms with E-state index in [0.29, 0.717) is 5.92 Å². The summed E-state index contributed by atoms with van der Waals surface area (Å²) in [6.07, 6.45) is 9.78. The molecular formula is C14H17N. The first kappa shape index (κ1) is 10.0. The van der Waals surface area contributed by atoms with Crippen LogP contribution in [0.15, 0.2) is 36.4 Å². The molecule has 0 fully saturated rings. The fourth-order valence-corrected chi connectivity index (χ4v) is 1.97. The highest BCUT2D eigenvalue weighted by Crippen LogP contribution is 2.28. The predicted molar refractivity (Wildman–Crippen MR) is 67.2 cm³/mol. The summed E-state index contributed by atoms with van der Waals surface area (Å²) < 4.78 is 0. The largest absolute Gasteiger partial charge is 0.388 e. The summed E-state index contributed by atoms with van der Waals surface area (Å²) in [4.78, 5) is 0. The molecule has 1 nitrogen and oxygen atoms in total. The minimum atomic E-state index is 0.604. The Hall–Kier alpha value is -1.50. The van der Waals surface area contributed by atoms with Gasteiger partial charge in [-0.2, -0.15) is 0 Å². The molecule has 0 amide bonds. The van der Waals surface area contributed by atoms with Crippen molar-refractivity contribution >= 4 is 11.8 Å². The van der Waals surface area contributed by atoms with Crippen molar-refractivity contribution < 1.29 is 0 Å². The van der Waals surface area contributed by atoms with Gasteiger partial charge < -0.3 is 5.32 Å². The fraction of sp³-hybridized carbons (Fsp3) is 0.286. The molecule has 0 saturated carbocycles. The molecule has 1 atom stereocenters. The van der Waals surface area contributed by atoms with Crippen LogP contribution in [-0.4, -0.2) is 7.05 Å². The van der Waals surface area contributed by atoms with Gasteiger partial charge >= 0.3 is 0 Å². The number of fused-ring (bicyclic) bond motifs is 1. The van der Waals surface area contributed by atoms with Gasteiger partial charge in [0.15, 0.2) is 0 Å². The van der Waals surface area contributed by atoms with Crippen molar-refractivity contribution in [3.63, 3.8) is 0 Å². The van der Waals surface area contributed by atoms with Crippen molar-refractivity contribution in [1.29, 1.82) is 0 Å². The van der Waals surface area contributed by atoms with Crippen LogP contribution in [0.2, 0.25) is 0 Å². The Morgan fingerprint density at radius 2 is 2.13 bits per heavy atom. The number of nitrogens with one attached hydrogen (secondary N) is 1. The van der Waals surface area contributed by atoms with Crippen LogP contribution in [0, 0.1) is 0 Å². The van der Waals surface area contributed by atoms with E-state index in [1.165, 1.54) is 16.8 Å². The van der Waals surface area contributed by atoms with Gasteiger partial charge in [0.2, 0.25) is 0 Å². The standard InChI is InChI=1S/C14H17N/c1-11-6-4-3-5-7-12-10-13(15-2)8-9-14(11)12/h3-5,7-11,15H,6H2,1-2H3/b4-3+,7-5-/t11-/m1/s1. The molecule has 1 N–H and O–H groups in total. The van der Waals surface area contributed by atoms with Crippen LogP contribution in [0.5, 0.6) is 0 Å².